The van der Waals surface area contributed by atoms with Gasteiger partial charge in [0, 0.05) is 34.4 Å². The van der Waals surface area contributed by atoms with Crippen molar-refractivity contribution in [3.8, 4) is 0 Å². The van der Waals surface area contributed by atoms with Crippen molar-refractivity contribution in [2.75, 3.05) is 18.4 Å². The van der Waals surface area contributed by atoms with Crippen molar-refractivity contribution in [1.29, 1.82) is 0 Å². The Labute approximate surface area is 224 Å². The Hall–Kier alpha value is -2.62. The van der Waals surface area contributed by atoms with E-state index in [1.165, 1.54) is 40.7 Å². The summed E-state index contributed by atoms with van der Waals surface area (Å²) in [4.78, 5) is 26.1. The van der Waals surface area contributed by atoms with Gasteiger partial charge < -0.3 is 10.1 Å². The molecule has 3 aromatic rings. The molecule has 0 radical (unpaired) electrons. The maximum Gasteiger partial charge on any atom is 0.339 e. The summed E-state index contributed by atoms with van der Waals surface area (Å²) in [5.74, 6) is -1.54. The van der Waals surface area contributed by atoms with Gasteiger partial charge in [0.2, 0.25) is 16.1 Å². The molecule has 188 valence electrons. The van der Waals surface area contributed by atoms with E-state index in [-0.39, 0.29) is 15.5 Å². The van der Waals surface area contributed by atoms with E-state index in [1.54, 1.807) is 30.3 Å². The van der Waals surface area contributed by atoms with Crippen LogP contribution in [0.1, 0.15) is 34.9 Å². The van der Waals surface area contributed by atoms with Crippen molar-refractivity contribution in [2.45, 2.75) is 23.8 Å². The van der Waals surface area contributed by atoms with Crippen LogP contribution in [0.15, 0.2) is 71.6 Å². The molecule has 1 saturated heterocycles. The first-order chi connectivity index (χ1) is 17.1. The summed E-state index contributed by atoms with van der Waals surface area (Å²) in [5.41, 5.74) is 0.673. The fraction of sp³-hybridized carbons (Fsp3) is 0.200. The van der Waals surface area contributed by atoms with Crippen molar-refractivity contribution < 1.29 is 22.7 Å². The monoisotopic (exact) mass is 566 g/mol. The zero-order chi connectivity index (χ0) is 25.9. The lowest BCUT2D eigenvalue weighted by atomic mass is 10.1. The second-order valence-corrected chi connectivity index (χ2v) is 11.3. The van der Waals surface area contributed by atoms with Gasteiger partial charge in [0.05, 0.1) is 10.6 Å². The molecule has 0 aliphatic carbocycles. The Morgan fingerprint density at radius 2 is 1.53 bits per heavy atom. The van der Waals surface area contributed by atoms with Gasteiger partial charge in [-0.05, 0) is 49.2 Å². The van der Waals surface area contributed by atoms with Crippen LogP contribution in [0.4, 0.5) is 5.69 Å². The molecule has 1 heterocycles. The van der Waals surface area contributed by atoms with Crippen LogP contribution in [0.25, 0.3) is 0 Å². The molecule has 7 nitrogen and oxygen atoms in total. The van der Waals surface area contributed by atoms with Crippen LogP contribution in [0.3, 0.4) is 0 Å². The topological polar surface area (TPSA) is 92.8 Å². The van der Waals surface area contributed by atoms with Gasteiger partial charge in [0.15, 0.2) is 0 Å². The fourth-order valence-electron chi connectivity index (χ4n) is 3.81. The van der Waals surface area contributed by atoms with Crippen LogP contribution in [-0.2, 0) is 19.6 Å². The van der Waals surface area contributed by atoms with E-state index >= 15 is 0 Å². The van der Waals surface area contributed by atoms with Crippen molar-refractivity contribution in [3.63, 3.8) is 0 Å². The first kappa shape index (κ1) is 26.4. The first-order valence-corrected chi connectivity index (χ1v) is 13.5. The van der Waals surface area contributed by atoms with Crippen LogP contribution in [0, 0.1) is 0 Å². The number of hydrogen-bond acceptors (Lipinski definition) is 5. The summed E-state index contributed by atoms with van der Waals surface area (Å²) in [5, 5.41) is 3.28. The molecule has 3 aromatic carbocycles. The number of hydrogen-bond donors (Lipinski definition) is 1. The Balaban J connectivity index is 1.62. The van der Waals surface area contributed by atoms with Gasteiger partial charge in [-0.3, -0.25) is 4.79 Å². The highest BCUT2D eigenvalue weighted by atomic mass is 35.5. The van der Waals surface area contributed by atoms with Gasteiger partial charge >= 0.3 is 5.97 Å². The van der Waals surface area contributed by atoms with Gasteiger partial charge in [-0.25, -0.2) is 13.2 Å². The molecule has 1 aliphatic heterocycles. The first-order valence-electron chi connectivity index (χ1n) is 11.0. The molecular weight excluding hydrogens is 547 g/mol. The van der Waals surface area contributed by atoms with E-state index in [4.69, 9.17) is 39.5 Å². The summed E-state index contributed by atoms with van der Waals surface area (Å²) in [6.45, 7) is 0.772. The van der Waals surface area contributed by atoms with E-state index in [2.05, 4.69) is 5.32 Å². The average Bonchev–Trinajstić information content (AvgIpc) is 3.38. The molecule has 1 unspecified atom stereocenters. The lowest BCUT2D eigenvalue weighted by Crippen LogP contribution is -2.28. The number of rotatable bonds is 7. The third-order valence-electron chi connectivity index (χ3n) is 5.55. The predicted molar refractivity (Wildman–Crippen MR) is 139 cm³/mol. The number of halogens is 3. The third-order valence-corrected chi connectivity index (χ3v) is 8.36. The Kier molecular flexibility index (Phi) is 8.22. The van der Waals surface area contributed by atoms with Crippen molar-refractivity contribution in [2.24, 2.45) is 0 Å². The molecule has 0 aromatic heterocycles. The number of nitrogens with zero attached hydrogens (tertiary/aromatic N) is 1. The van der Waals surface area contributed by atoms with Gasteiger partial charge in [-0.1, -0.05) is 65.1 Å². The summed E-state index contributed by atoms with van der Waals surface area (Å²) in [7, 11) is -3.88. The Bertz CT molecular complexity index is 1370. The van der Waals surface area contributed by atoms with E-state index in [9.17, 15) is 18.0 Å². The minimum absolute atomic E-state index is 0.00589. The van der Waals surface area contributed by atoms with E-state index < -0.39 is 28.0 Å². The molecular formula is C25H21Cl3N2O5S. The molecule has 0 saturated carbocycles. The molecule has 1 atom stereocenters. The van der Waals surface area contributed by atoms with Gasteiger partial charge in [0.1, 0.15) is 4.90 Å². The zero-order valence-corrected chi connectivity index (χ0v) is 21.9. The van der Waals surface area contributed by atoms with E-state index in [1.807, 2.05) is 0 Å². The number of amides is 1. The maximum atomic E-state index is 13.2. The lowest BCUT2D eigenvalue weighted by Gasteiger charge is -2.19. The lowest BCUT2D eigenvalue weighted by molar-refractivity contribution is -0.125. The van der Waals surface area contributed by atoms with Crippen molar-refractivity contribution in [1.82, 2.24) is 4.31 Å². The minimum Gasteiger partial charge on any atom is -0.444 e. The smallest absolute Gasteiger partial charge is 0.339 e. The SMILES string of the molecule is O=C(OC(C(=O)Nc1cc(Cl)cc(Cl)c1)c1ccccc1)c1ccc(Cl)c(S(=O)(=O)N2CCCC2)c1. The molecule has 1 N–H and O–H groups in total. The van der Waals surface area contributed by atoms with Crippen LogP contribution >= 0.6 is 34.8 Å². The van der Waals surface area contributed by atoms with E-state index in [0.717, 1.165) is 12.8 Å². The predicted octanol–water partition coefficient (Wildman–Crippen LogP) is 5.97. The highest BCUT2D eigenvalue weighted by molar-refractivity contribution is 7.89. The number of ether oxygens (including phenoxy) is 1. The molecule has 0 spiro atoms. The molecule has 1 fully saturated rings. The van der Waals surface area contributed by atoms with Gasteiger partial charge in [0.25, 0.3) is 5.91 Å². The number of anilines is 1. The Morgan fingerprint density at radius 3 is 2.17 bits per heavy atom. The van der Waals surface area contributed by atoms with Crippen LogP contribution in [0.5, 0.6) is 0 Å². The van der Waals surface area contributed by atoms with Crippen LogP contribution in [-0.4, -0.2) is 37.7 Å². The standard InChI is InChI=1S/C25H21Cl3N2O5S/c26-18-13-19(27)15-20(14-18)29-24(31)23(16-6-2-1-3-7-16)35-25(32)17-8-9-21(28)22(12-17)36(33,34)30-10-4-5-11-30/h1-3,6-9,12-15,23H,4-5,10-11H2,(H,29,31). The maximum absolute atomic E-state index is 13.2. The Morgan fingerprint density at radius 1 is 0.889 bits per heavy atom. The van der Waals surface area contributed by atoms with Crippen molar-refractivity contribution >= 4 is 62.4 Å². The number of carbonyl (C=O) groups excluding carboxylic acids is 2. The molecule has 4 rings (SSSR count). The highest BCUT2D eigenvalue weighted by Gasteiger charge is 2.31. The van der Waals surface area contributed by atoms with Crippen LogP contribution < -0.4 is 5.32 Å². The number of esters is 1. The molecule has 1 aliphatic rings. The number of nitrogens with one attached hydrogen (secondary N) is 1. The molecule has 1 amide bonds. The van der Waals surface area contributed by atoms with Crippen LogP contribution in [0.2, 0.25) is 15.1 Å². The van der Waals surface area contributed by atoms with Gasteiger partial charge in [-0.15, -0.1) is 0 Å². The number of carbonyl (C=O) groups is 2. The average molecular weight is 568 g/mol. The zero-order valence-electron chi connectivity index (χ0n) is 18.8. The normalized spacial score (nSPS) is 14.9. The third kappa shape index (κ3) is 6.02. The number of benzene rings is 3. The van der Waals surface area contributed by atoms with Gasteiger partial charge in [-0.2, -0.15) is 4.31 Å². The van der Waals surface area contributed by atoms with Crippen molar-refractivity contribution in [3.05, 3.63) is 92.9 Å². The van der Waals surface area contributed by atoms with E-state index in [0.29, 0.717) is 34.4 Å². The second-order valence-electron chi connectivity index (χ2n) is 8.10. The quantitative estimate of drug-likeness (QED) is 0.355. The molecule has 11 heteroatoms. The molecule has 36 heavy (non-hydrogen) atoms. The minimum atomic E-state index is -3.88. The fourth-order valence-corrected chi connectivity index (χ4v) is 6.35. The highest BCUT2D eigenvalue weighted by Crippen LogP contribution is 2.30. The summed E-state index contributed by atoms with van der Waals surface area (Å²) in [6, 6.07) is 16.8. The summed E-state index contributed by atoms with van der Waals surface area (Å²) in [6.07, 6.45) is 0.167. The number of sulfonamides is 1. The molecule has 0 bridgehead atoms. The summed E-state index contributed by atoms with van der Waals surface area (Å²) >= 11 is 18.2. The largest absolute Gasteiger partial charge is 0.444 e. The summed E-state index contributed by atoms with van der Waals surface area (Å²) < 4.78 is 33.0. The second kappa shape index (κ2) is 11.2.